The van der Waals surface area contributed by atoms with Gasteiger partial charge in [-0.05, 0) is 26.8 Å². The van der Waals surface area contributed by atoms with E-state index in [1.165, 1.54) is 0 Å². The molecule has 0 aliphatic heterocycles. The smallest absolute Gasteiger partial charge is 0.341 e. The molecule has 0 saturated carbocycles. The highest BCUT2D eigenvalue weighted by Gasteiger charge is 2.42. The fraction of sp³-hybridized carbons (Fsp3) is 0.368. The van der Waals surface area contributed by atoms with Gasteiger partial charge in [0.1, 0.15) is 27.9 Å². The van der Waals surface area contributed by atoms with E-state index < -0.39 is 47.8 Å². The van der Waals surface area contributed by atoms with Crippen molar-refractivity contribution in [3.05, 3.63) is 45.8 Å². The van der Waals surface area contributed by atoms with Crippen molar-refractivity contribution in [2.75, 3.05) is 6.61 Å². The fourth-order valence-electron chi connectivity index (χ4n) is 2.02. The van der Waals surface area contributed by atoms with Crippen molar-refractivity contribution in [1.82, 2.24) is 4.98 Å². The molecule has 0 atom stereocenters. The van der Waals surface area contributed by atoms with Crippen LogP contribution in [0.4, 0.5) is 22.0 Å². The summed E-state index contributed by atoms with van der Waals surface area (Å²) in [7, 11) is 0. The van der Waals surface area contributed by atoms with Gasteiger partial charge in [0.05, 0.1) is 16.8 Å². The molecule has 0 aliphatic carbocycles. The number of hydrogen-bond donors (Lipinski definition) is 0. The van der Waals surface area contributed by atoms with Crippen molar-refractivity contribution in [2.24, 2.45) is 0 Å². The van der Waals surface area contributed by atoms with Crippen LogP contribution in [0.3, 0.4) is 0 Å². The first-order chi connectivity index (χ1) is 14.2. The normalized spacial score (nSPS) is 12.1. The van der Waals surface area contributed by atoms with Crippen LogP contribution >= 0.6 is 23.2 Å². The van der Waals surface area contributed by atoms with Gasteiger partial charge in [-0.1, -0.05) is 23.2 Å². The molecule has 170 valence electrons. The van der Waals surface area contributed by atoms with Crippen molar-refractivity contribution in [1.29, 1.82) is 0 Å². The van der Waals surface area contributed by atoms with Crippen molar-refractivity contribution in [3.8, 4) is 17.4 Å². The number of benzene rings is 1. The molecular weight excluding hydrogens is 472 g/mol. The monoisotopic (exact) mass is 487 g/mol. The lowest BCUT2D eigenvalue weighted by molar-refractivity contribution is -0.148. The number of carbonyl (C=O) groups is 1. The number of esters is 1. The summed E-state index contributed by atoms with van der Waals surface area (Å²) < 4.78 is 79.5. The van der Waals surface area contributed by atoms with Crippen LogP contribution in [0.1, 0.15) is 31.1 Å². The quantitative estimate of drug-likeness (QED) is 0.327. The molecule has 0 N–H and O–H groups in total. The standard InChI is InChI=1S/C19H16Cl2F5NO4/c1-18(2,3)31-16(28)10-5-11(20)14(6-13(10)22)30-9-4-12(21)15(27-7-9)29-8-19(25,26)17(23)24/h4-7,17H,8H2,1-3H3. The lowest BCUT2D eigenvalue weighted by Crippen LogP contribution is -2.33. The Morgan fingerprint density at radius 3 is 2.32 bits per heavy atom. The van der Waals surface area contributed by atoms with Crippen LogP contribution in [0.25, 0.3) is 0 Å². The predicted octanol–water partition coefficient (Wildman–Crippen LogP) is 6.55. The van der Waals surface area contributed by atoms with E-state index in [4.69, 9.17) is 32.7 Å². The summed E-state index contributed by atoms with van der Waals surface area (Å²) in [4.78, 5) is 15.7. The summed E-state index contributed by atoms with van der Waals surface area (Å²) in [5.41, 5.74) is -1.26. The summed E-state index contributed by atoms with van der Waals surface area (Å²) >= 11 is 11.9. The minimum atomic E-state index is -4.39. The van der Waals surface area contributed by atoms with Crippen molar-refractivity contribution >= 4 is 29.2 Å². The Labute approximate surface area is 184 Å². The van der Waals surface area contributed by atoms with Gasteiger partial charge in [0, 0.05) is 12.1 Å². The van der Waals surface area contributed by atoms with Crippen molar-refractivity contribution in [3.63, 3.8) is 0 Å². The van der Waals surface area contributed by atoms with Gasteiger partial charge < -0.3 is 14.2 Å². The lowest BCUT2D eigenvalue weighted by Gasteiger charge is -2.20. The highest BCUT2D eigenvalue weighted by Crippen LogP contribution is 2.35. The zero-order chi connectivity index (χ0) is 23.6. The molecule has 2 rings (SSSR count). The van der Waals surface area contributed by atoms with E-state index in [1.807, 2.05) is 0 Å². The van der Waals surface area contributed by atoms with Gasteiger partial charge >= 0.3 is 18.3 Å². The van der Waals surface area contributed by atoms with E-state index in [1.54, 1.807) is 20.8 Å². The van der Waals surface area contributed by atoms with Crippen LogP contribution in [0, 0.1) is 5.82 Å². The van der Waals surface area contributed by atoms with Crippen LogP contribution in [-0.4, -0.2) is 35.5 Å². The van der Waals surface area contributed by atoms with Gasteiger partial charge in [0.2, 0.25) is 5.88 Å². The molecule has 1 heterocycles. The second kappa shape index (κ2) is 9.44. The van der Waals surface area contributed by atoms with E-state index >= 15 is 0 Å². The molecule has 1 aromatic heterocycles. The second-order valence-corrected chi connectivity index (χ2v) is 7.99. The second-order valence-electron chi connectivity index (χ2n) is 7.17. The summed E-state index contributed by atoms with van der Waals surface area (Å²) in [5.74, 6) is -7.12. The molecule has 1 aromatic carbocycles. The Balaban J connectivity index is 2.17. The van der Waals surface area contributed by atoms with E-state index in [-0.39, 0.29) is 21.5 Å². The maximum absolute atomic E-state index is 14.3. The zero-order valence-electron chi connectivity index (χ0n) is 16.3. The minimum Gasteiger partial charge on any atom is -0.470 e. The first-order valence-electron chi connectivity index (χ1n) is 8.54. The Bertz CT molecular complexity index is 967. The Kier molecular flexibility index (Phi) is 7.59. The van der Waals surface area contributed by atoms with Gasteiger partial charge in [-0.2, -0.15) is 8.78 Å². The molecule has 31 heavy (non-hydrogen) atoms. The Hall–Kier alpha value is -2.33. The van der Waals surface area contributed by atoms with E-state index in [0.29, 0.717) is 0 Å². The van der Waals surface area contributed by atoms with Crippen LogP contribution in [0.2, 0.25) is 10.0 Å². The third kappa shape index (κ3) is 6.83. The number of ether oxygens (including phenoxy) is 3. The average Bonchev–Trinajstić information content (AvgIpc) is 2.62. The summed E-state index contributed by atoms with van der Waals surface area (Å²) in [6.45, 7) is 3.20. The Morgan fingerprint density at radius 1 is 1.13 bits per heavy atom. The minimum absolute atomic E-state index is 0.0933. The van der Waals surface area contributed by atoms with Crippen LogP contribution in [0.5, 0.6) is 17.4 Å². The largest absolute Gasteiger partial charge is 0.470 e. The van der Waals surface area contributed by atoms with E-state index in [2.05, 4.69) is 9.72 Å². The van der Waals surface area contributed by atoms with Gasteiger partial charge in [0.25, 0.3) is 0 Å². The summed E-state index contributed by atoms with van der Waals surface area (Å²) in [6.07, 6.45) is -2.95. The van der Waals surface area contributed by atoms with Gasteiger partial charge in [-0.3, -0.25) is 0 Å². The zero-order valence-corrected chi connectivity index (χ0v) is 17.8. The van der Waals surface area contributed by atoms with Crippen molar-refractivity contribution in [2.45, 2.75) is 38.7 Å². The molecule has 5 nitrogen and oxygen atoms in total. The lowest BCUT2D eigenvalue weighted by atomic mass is 10.1. The number of rotatable bonds is 7. The number of pyridine rings is 1. The molecule has 0 saturated heterocycles. The predicted molar refractivity (Wildman–Crippen MR) is 102 cm³/mol. The maximum Gasteiger partial charge on any atom is 0.341 e. The van der Waals surface area contributed by atoms with Gasteiger partial charge in [-0.25, -0.2) is 22.9 Å². The average molecular weight is 488 g/mol. The maximum atomic E-state index is 14.3. The Morgan fingerprint density at radius 2 is 1.77 bits per heavy atom. The SMILES string of the molecule is CC(C)(C)OC(=O)c1cc(Cl)c(Oc2cnc(OCC(F)(F)C(F)F)c(Cl)c2)cc1F. The fourth-order valence-corrected chi connectivity index (χ4v) is 2.43. The number of carbonyl (C=O) groups excluding carboxylic acids is 1. The molecule has 12 heteroatoms. The number of nitrogens with zero attached hydrogens (tertiary/aromatic N) is 1. The molecule has 0 fully saturated rings. The molecule has 0 aliphatic rings. The van der Waals surface area contributed by atoms with E-state index in [9.17, 15) is 26.7 Å². The first kappa shape index (κ1) is 24.9. The van der Waals surface area contributed by atoms with Crippen LogP contribution in [-0.2, 0) is 4.74 Å². The molecule has 0 amide bonds. The molecule has 0 bridgehead atoms. The van der Waals surface area contributed by atoms with Crippen LogP contribution in [0.15, 0.2) is 24.4 Å². The first-order valence-corrected chi connectivity index (χ1v) is 9.30. The summed E-state index contributed by atoms with van der Waals surface area (Å²) in [6, 6.07) is 2.92. The number of alkyl halides is 4. The number of hydrogen-bond acceptors (Lipinski definition) is 5. The number of aromatic nitrogens is 1. The summed E-state index contributed by atoms with van der Waals surface area (Å²) in [5, 5.41) is -0.472. The van der Waals surface area contributed by atoms with Crippen molar-refractivity contribution < 1.29 is 41.0 Å². The molecule has 0 radical (unpaired) electrons. The van der Waals surface area contributed by atoms with Crippen LogP contribution < -0.4 is 9.47 Å². The van der Waals surface area contributed by atoms with Gasteiger partial charge in [-0.15, -0.1) is 0 Å². The van der Waals surface area contributed by atoms with Gasteiger partial charge in [0.15, 0.2) is 6.61 Å². The molecular formula is C19H16Cl2F5NO4. The topological polar surface area (TPSA) is 57.7 Å². The highest BCUT2D eigenvalue weighted by atomic mass is 35.5. The molecule has 0 spiro atoms. The highest BCUT2D eigenvalue weighted by molar-refractivity contribution is 6.32. The number of halogens is 7. The molecule has 2 aromatic rings. The third-order valence-corrected chi connectivity index (χ3v) is 3.94. The molecule has 0 unspecified atom stereocenters. The third-order valence-electron chi connectivity index (χ3n) is 3.37. The van der Waals surface area contributed by atoms with E-state index in [0.717, 1.165) is 24.4 Å².